The van der Waals surface area contributed by atoms with Gasteiger partial charge in [-0.1, -0.05) is 11.6 Å². The maximum Gasteiger partial charge on any atom is 0.162 e. The molecule has 0 fully saturated rings. The molecule has 12 heavy (non-hydrogen) atoms. The van der Waals surface area contributed by atoms with Gasteiger partial charge in [0.25, 0.3) is 0 Å². The maximum absolute atomic E-state index is 10.9. The van der Waals surface area contributed by atoms with E-state index in [2.05, 4.69) is 0 Å². The Morgan fingerprint density at radius 2 is 2.17 bits per heavy atom. The summed E-state index contributed by atoms with van der Waals surface area (Å²) in [6.45, 7) is 1.37. The van der Waals surface area contributed by atoms with Gasteiger partial charge in [-0.2, -0.15) is 0 Å². The lowest BCUT2D eigenvalue weighted by molar-refractivity contribution is 0.101. The Hall–Kier alpha value is -1.22. The number of nitrogen functional groups attached to an aromatic ring is 1. The predicted molar refractivity (Wildman–Crippen MR) is 47.5 cm³/mol. The van der Waals surface area contributed by atoms with Crippen LogP contribution < -0.4 is 5.73 Å². The van der Waals surface area contributed by atoms with E-state index in [9.17, 15) is 4.79 Å². The third-order valence-electron chi connectivity index (χ3n) is 1.50. The summed E-state index contributed by atoms with van der Waals surface area (Å²) in [5.41, 5.74) is 6.05. The van der Waals surface area contributed by atoms with Gasteiger partial charge in [-0.3, -0.25) is 4.79 Å². The van der Waals surface area contributed by atoms with Gasteiger partial charge in [-0.25, -0.2) is 0 Å². The Morgan fingerprint density at radius 3 is 2.67 bits per heavy atom. The summed E-state index contributed by atoms with van der Waals surface area (Å²) in [6.07, 6.45) is 0. The van der Waals surface area contributed by atoms with Crippen LogP contribution in [-0.2, 0) is 0 Å². The van der Waals surface area contributed by atoms with Gasteiger partial charge in [-0.15, -0.1) is 0 Å². The molecular formula is C8H8ClNO2. The average molecular weight is 186 g/mol. The zero-order chi connectivity index (χ0) is 9.30. The zero-order valence-electron chi connectivity index (χ0n) is 6.47. The molecule has 0 saturated heterocycles. The molecule has 3 N–H and O–H groups in total. The second-order valence-corrected chi connectivity index (χ2v) is 2.85. The first-order valence-electron chi connectivity index (χ1n) is 3.31. The minimum Gasteiger partial charge on any atom is -0.506 e. The Labute approximate surface area is 74.8 Å². The number of carbonyl (C=O) groups is 1. The number of phenolic OH excluding ortho intramolecular Hbond substituents is 1. The highest BCUT2D eigenvalue weighted by atomic mass is 35.5. The molecule has 0 radical (unpaired) electrons. The van der Waals surface area contributed by atoms with E-state index in [0.717, 1.165) is 0 Å². The minimum absolute atomic E-state index is 0.129. The molecule has 1 rings (SSSR count). The van der Waals surface area contributed by atoms with E-state index in [1.165, 1.54) is 19.1 Å². The molecule has 3 nitrogen and oxygen atoms in total. The Bertz CT molecular complexity index is 336. The van der Waals surface area contributed by atoms with Crippen molar-refractivity contribution in [3.05, 3.63) is 22.7 Å². The molecule has 0 saturated carbocycles. The predicted octanol–water partition coefficient (Wildman–Crippen LogP) is 1.83. The summed E-state index contributed by atoms with van der Waals surface area (Å²) in [5.74, 6) is -0.324. The van der Waals surface area contributed by atoms with Gasteiger partial charge in [0.1, 0.15) is 5.75 Å². The Morgan fingerprint density at radius 1 is 1.58 bits per heavy atom. The number of aromatic hydroxyl groups is 1. The average Bonchev–Trinajstić information content (AvgIpc) is 1.96. The van der Waals surface area contributed by atoms with E-state index in [0.29, 0.717) is 0 Å². The molecule has 0 aliphatic carbocycles. The third-order valence-corrected chi connectivity index (χ3v) is 1.80. The van der Waals surface area contributed by atoms with Crippen LogP contribution in [0.1, 0.15) is 17.3 Å². The molecule has 0 spiro atoms. The highest BCUT2D eigenvalue weighted by molar-refractivity contribution is 6.32. The van der Waals surface area contributed by atoms with Crippen molar-refractivity contribution in [3.8, 4) is 5.75 Å². The lowest BCUT2D eigenvalue weighted by Gasteiger charge is -2.03. The molecule has 0 aliphatic heterocycles. The second kappa shape index (κ2) is 3.03. The number of rotatable bonds is 1. The first-order valence-corrected chi connectivity index (χ1v) is 3.69. The van der Waals surface area contributed by atoms with Crippen LogP contribution in [-0.4, -0.2) is 10.9 Å². The quantitative estimate of drug-likeness (QED) is 0.399. The molecule has 0 atom stereocenters. The fourth-order valence-corrected chi connectivity index (χ4v) is 1.05. The number of anilines is 1. The van der Waals surface area contributed by atoms with E-state index in [1.807, 2.05) is 0 Å². The van der Waals surface area contributed by atoms with Gasteiger partial charge >= 0.3 is 0 Å². The van der Waals surface area contributed by atoms with E-state index in [4.69, 9.17) is 22.4 Å². The topological polar surface area (TPSA) is 63.3 Å². The van der Waals surface area contributed by atoms with E-state index >= 15 is 0 Å². The van der Waals surface area contributed by atoms with Crippen molar-refractivity contribution in [1.29, 1.82) is 0 Å². The van der Waals surface area contributed by atoms with E-state index < -0.39 is 0 Å². The van der Waals surface area contributed by atoms with Crippen LogP contribution in [0.15, 0.2) is 12.1 Å². The molecule has 4 heteroatoms. The largest absolute Gasteiger partial charge is 0.506 e. The van der Waals surface area contributed by atoms with Gasteiger partial charge in [0, 0.05) is 11.3 Å². The molecule has 0 heterocycles. The van der Waals surface area contributed by atoms with Crippen molar-refractivity contribution in [3.63, 3.8) is 0 Å². The molecule has 0 unspecified atom stereocenters. The Kier molecular flexibility index (Phi) is 2.24. The third kappa shape index (κ3) is 1.51. The van der Waals surface area contributed by atoms with Gasteiger partial charge in [0.2, 0.25) is 0 Å². The molecule has 0 bridgehead atoms. The second-order valence-electron chi connectivity index (χ2n) is 2.45. The van der Waals surface area contributed by atoms with Crippen LogP contribution >= 0.6 is 11.6 Å². The van der Waals surface area contributed by atoms with Crippen LogP contribution in [0, 0.1) is 0 Å². The summed E-state index contributed by atoms with van der Waals surface area (Å²) in [5, 5.41) is 9.28. The fourth-order valence-electron chi connectivity index (χ4n) is 0.882. The summed E-state index contributed by atoms with van der Waals surface area (Å²) in [4.78, 5) is 10.9. The number of Topliss-reactive ketones (excluding diaryl/α,β-unsaturated/α-hetero) is 1. The van der Waals surface area contributed by atoms with Crippen molar-refractivity contribution in [2.24, 2.45) is 0 Å². The number of ketones is 1. The van der Waals surface area contributed by atoms with E-state index in [1.54, 1.807) is 0 Å². The number of phenols is 1. The van der Waals surface area contributed by atoms with Crippen LogP contribution in [0.3, 0.4) is 0 Å². The van der Waals surface area contributed by atoms with Crippen LogP contribution in [0.4, 0.5) is 5.69 Å². The maximum atomic E-state index is 10.9. The van der Waals surface area contributed by atoms with Crippen LogP contribution in [0.5, 0.6) is 5.75 Å². The first-order chi connectivity index (χ1) is 5.52. The SMILES string of the molecule is CC(=O)c1cc(O)c(Cl)cc1N. The van der Waals surface area contributed by atoms with Gasteiger partial charge < -0.3 is 10.8 Å². The van der Waals surface area contributed by atoms with Crippen molar-refractivity contribution in [2.75, 3.05) is 5.73 Å². The lowest BCUT2D eigenvalue weighted by Crippen LogP contribution is -1.98. The molecule has 0 amide bonds. The molecule has 0 aliphatic rings. The number of hydrogen-bond donors (Lipinski definition) is 2. The number of nitrogens with two attached hydrogens (primary N) is 1. The standard InChI is InChI=1S/C8H8ClNO2/c1-4(11)5-2-8(12)6(9)3-7(5)10/h2-3,12H,10H2,1H3. The molecule has 0 aromatic heterocycles. The molecule has 1 aromatic rings. The number of halogens is 1. The van der Waals surface area contributed by atoms with Crippen molar-refractivity contribution in [1.82, 2.24) is 0 Å². The van der Waals surface area contributed by atoms with Crippen molar-refractivity contribution in [2.45, 2.75) is 6.92 Å². The first kappa shape index (κ1) is 8.87. The van der Waals surface area contributed by atoms with Crippen LogP contribution in [0.25, 0.3) is 0 Å². The van der Waals surface area contributed by atoms with E-state index in [-0.39, 0.29) is 27.8 Å². The monoisotopic (exact) mass is 185 g/mol. The van der Waals surface area contributed by atoms with Crippen molar-refractivity contribution >= 4 is 23.1 Å². The number of hydrogen-bond acceptors (Lipinski definition) is 3. The van der Waals surface area contributed by atoms with Crippen molar-refractivity contribution < 1.29 is 9.90 Å². The smallest absolute Gasteiger partial charge is 0.162 e. The molecular weight excluding hydrogens is 178 g/mol. The zero-order valence-corrected chi connectivity index (χ0v) is 7.22. The van der Waals surface area contributed by atoms with Gasteiger partial charge in [-0.05, 0) is 19.1 Å². The summed E-state index contributed by atoms with van der Waals surface area (Å²) in [7, 11) is 0. The summed E-state index contributed by atoms with van der Waals surface area (Å²) in [6, 6.07) is 2.62. The van der Waals surface area contributed by atoms with Gasteiger partial charge in [0.05, 0.1) is 5.02 Å². The summed E-state index contributed by atoms with van der Waals surface area (Å²) < 4.78 is 0. The molecule has 64 valence electrons. The minimum atomic E-state index is -0.195. The van der Waals surface area contributed by atoms with Gasteiger partial charge in [0.15, 0.2) is 5.78 Å². The fraction of sp³-hybridized carbons (Fsp3) is 0.125. The summed E-state index contributed by atoms with van der Waals surface area (Å²) >= 11 is 5.55. The normalized spacial score (nSPS) is 9.83. The highest BCUT2D eigenvalue weighted by Crippen LogP contribution is 2.28. The highest BCUT2D eigenvalue weighted by Gasteiger charge is 2.08. The number of carbonyl (C=O) groups excluding carboxylic acids is 1. The lowest BCUT2D eigenvalue weighted by atomic mass is 10.1. The number of benzene rings is 1. The molecule has 1 aromatic carbocycles. The van der Waals surface area contributed by atoms with Crippen LogP contribution in [0.2, 0.25) is 5.02 Å². The Balaban J connectivity index is 3.33.